The van der Waals surface area contributed by atoms with E-state index in [9.17, 15) is 8.42 Å². The van der Waals surface area contributed by atoms with E-state index < -0.39 is 10.0 Å². The normalized spacial score (nSPS) is 18.6. The van der Waals surface area contributed by atoms with Gasteiger partial charge in [0.05, 0.1) is 27.4 Å². The lowest BCUT2D eigenvalue weighted by Gasteiger charge is -2.16. The van der Waals surface area contributed by atoms with Gasteiger partial charge in [0.25, 0.3) is 0 Å². The molecule has 132 valence electrons. The molecule has 0 amide bonds. The van der Waals surface area contributed by atoms with E-state index in [0.717, 1.165) is 13.1 Å². The van der Waals surface area contributed by atoms with Crippen LogP contribution in [0.25, 0.3) is 0 Å². The Morgan fingerprint density at radius 3 is 2.83 bits per heavy atom. The summed E-state index contributed by atoms with van der Waals surface area (Å²) in [6.07, 6.45) is 0. The van der Waals surface area contributed by atoms with Crippen LogP contribution in [-0.2, 0) is 14.8 Å². The van der Waals surface area contributed by atoms with Crippen molar-refractivity contribution in [3.63, 3.8) is 0 Å². The van der Waals surface area contributed by atoms with Crippen LogP contribution in [0, 0.1) is 5.92 Å². The number of hydrogen-bond acceptors (Lipinski definition) is 6. The highest BCUT2D eigenvalue weighted by Crippen LogP contribution is 2.28. The molecule has 1 heterocycles. The van der Waals surface area contributed by atoms with Gasteiger partial charge in [-0.3, -0.25) is 0 Å². The molecule has 9 heteroatoms. The maximum atomic E-state index is 12.5. The topological polar surface area (TPSA) is 85.9 Å². The molecule has 2 rings (SSSR count). The monoisotopic (exact) mass is 366 g/mol. The second-order valence-corrected chi connectivity index (χ2v) is 6.75. The molecule has 1 aliphatic rings. The van der Waals surface area contributed by atoms with Crippen molar-refractivity contribution in [1.82, 2.24) is 10.0 Å². The number of benzene rings is 1. The van der Waals surface area contributed by atoms with E-state index in [2.05, 4.69) is 10.0 Å². The lowest BCUT2D eigenvalue weighted by molar-refractivity contribution is 0.124. The van der Waals surface area contributed by atoms with Gasteiger partial charge in [0.15, 0.2) is 0 Å². The minimum Gasteiger partial charge on any atom is -0.497 e. The Morgan fingerprint density at radius 2 is 2.13 bits per heavy atom. The molecule has 1 fully saturated rings. The molecule has 1 aromatic rings. The third-order valence-electron chi connectivity index (χ3n) is 3.43. The van der Waals surface area contributed by atoms with Gasteiger partial charge in [-0.2, -0.15) is 0 Å². The molecule has 7 nitrogen and oxygen atoms in total. The lowest BCUT2D eigenvalue weighted by atomic mass is 10.2. The predicted octanol–water partition coefficient (Wildman–Crippen LogP) is 0.640. The SMILES string of the molecule is COc1ccc(OC)c(S(=O)(=O)NCC2CNCCOC2)c1.Cl. The molecule has 2 N–H and O–H groups in total. The Kier molecular flexibility index (Phi) is 8.07. The fourth-order valence-electron chi connectivity index (χ4n) is 2.19. The van der Waals surface area contributed by atoms with E-state index in [4.69, 9.17) is 14.2 Å². The summed E-state index contributed by atoms with van der Waals surface area (Å²) in [7, 11) is -0.765. The van der Waals surface area contributed by atoms with Gasteiger partial charge in [0, 0.05) is 31.6 Å². The Hall–Kier alpha value is -1.06. The first-order valence-corrected chi connectivity index (χ1v) is 8.55. The van der Waals surface area contributed by atoms with Crippen LogP contribution in [0.4, 0.5) is 0 Å². The first-order chi connectivity index (χ1) is 10.6. The Bertz CT molecular complexity index is 589. The summed E-state index contributed by atoms with van der Waals surface area (Å²) in [6, 6.07) is 4.67. The number of hydrogen-bond donors (Lipinski definition) is 2. The zero-order chi connectivity index (χ0) is 16.0. The van der Waals surface area contributed by atoms with E-state index in [1.807, 2.05) is 0 Å². The molecule has 1 unspecified atom stereocenters. The van der Waals surface area contributed by atoms with E-state index in [0.29, 0.717) is 25.5 Å². The highest BCUT2D eigenvalue weighted by Gasteiger charge is 2.22. The molecule has 0 bridgehead atoms. The van der Waals surface area contributed by atoms with Crippen molar-refractivity contribution < 1.29 is 22.6 Å². The van der Waals surface area contributed by atoms with Crippen molar-refractivity contribution in [3.8, 4) is 11.5 Å². The summed E-state index contributed by atoms with van der Waals surface area (Å²) >= 11 is 0. The van der Waals surface area contributed by atoms with Crippen LogP contribution in [-0.4, -0.2) is 55.5 Å². The third kappa shape index (κ3) is 5.50. The van der Waals surface area contributed by atoms with E-state index in [-0.39, 0.29) is 29.0 Å². The molecular formula is C14H23ClN2O5S. The second-order valence-electron chi connectivity index (χ2n) is 5.01. The highest BCUT2D eigenvalue weighted by atomic mass is 35.5. The molecule has 1 atom stereocenters. The largest absolute Gasteiger partial charge is 0.497 e. The van der Waals surface area contributed by atoms with Crippen LogP contribution in [0.5, 0.6) is 11.5 Å². The van der Waals surface area contributed by atoms with Gasteiger partial charge in [-0.1, -0.05) is 0 Å². The van der Waals surface area contributed by atoms with Crippen LogP contribution in [0.15, 0.2) is 23.1 Å². The molecule has 1 saturated heterocycles. The number of halogens is 1. The van der Waals surface area contributed by atoms with E-state index in [1.165, 1.54) is 20.3 Å². The van der Waals surface area contributed by atoms with Crippen molar-refractivity contribution in [2.45, 2.75) is 4.90 Å². The molecule has 0 radical (unpaired) electrons. The predicted molar refractivity (Wildman–Crippen MR) is 89.2 cm³/mol. The Labute approximate surface area is 143 Å². The van der Waals surface area contributed by atoms with Crippen molar-refractivity contribution in [2.24, 2.45) is 5.92 Å². The quantitative estimate of drug-likeness (QED) is 0.768. The molecular weight excluding hydrogens is 344 g/mol. The summed E-state index contributed by atoms with van der Waals surface area (Å²) in [5.41, 5.74) is 0. The maximum absolute atomic E-state index is 12.5. The van der Waals surface area contributed by atoms with Crippen LogP contribution >= 0.6 is 12.4 Å². The summed E-state index contributed by atoms with van der Waals surface area (Å²) in [5, 5.41) is 3.21. The summed E-state index contributed by atoms with van der Waals surface area (Å²) < 4.78 is 43.2. The highest BCUT2D eigenvalue weighted by molar-refractivity contribution is 7.89. The van der Waals surface area contributed by atoms with Crippen molar-refractivity contribution in [3.05, 3.63) is 18.2 Å². The first-order valence-electron chi connectivity index (χ1n) is 7.07. The summed E-state index contributed by atoms with van der Waals surface area (Å²) in [4.78, 5) is 0.0665. The van der Waals surface area contributed by atoms with E-state index >= 15 is 0 Å². The average Bonchev–Trinajstić information content (AvgIpc) is 2.81. The molecule has 0 spiro atoms. The number of rotatable bonds is 6. The standard InChI is InChI=1S/C14H22N2O5S.ClH/c1-19-12-3-4-13(20-2)14(7-12)22(17,18)16-9-11-8-15-5-6-21-10-11;/h3-4,7,11,15-16H,5-6,8-10H2,1-2H3;1H. The van der Waals surface area contributed by atoms with Crippen molar-refractivity contribution in [1.29, 1.82) is 0 Å². The second kappa shape index (κ2) is 9.29. The average molecular weight is 367 g/mol. The van der Waals surface area contributed by atoms with Gasteiger partial charge in [-0.25, -0.2) is 13.1 Å². The van der Waals surface area contributed by atoms with E-state index in [1.54, 1.807) is 12.1 Å². The summed E-state index contributed by atoms with van der Waals surface area (Å²) in [6.45, 7) is 2.98. The zero-order valence-electron chi connectivity index (χ0n) is 13.2. The molecule has 0 aromatic heterocycles. The number of methoxy groups -OCH3 is 2. The zero-order valence-corrected chi connectivity index (χ0v) is 14.8. The minimum atomic E-state index is -3.69. The minimum absolute atomic E-state index is 0. The van der Waals surface area contributed by atoms with Gasteiger partial charge < -0.3 is 19.5 Å². The molecule has 23 heavy (non-hydrogen) atoms. The first kappa shape index (κ1) is 20.0. The lowest BCUT2D eigenvalue weighted by Crippen LogP contribution is -2.35. The Balaban J connectivity index is 0.00000264. The van der Waals surface area contributed by atoms with Crippen LogP contribution in [0.3, 0.4) is 0 Å². The van der Waals surface area contributed by atoms with Gasteiger partial charge >= 0.3 is 0 Å². The maximum Gasteiger partial charge on any atom is 0.244 e. The van der Waals surface area contributed by atoms with Gasteiger partial charge in [0.1, 0.15) is 16.4 Å². The molecule has 1 aromatic carbocycles. The molecule has 0 saturated carbocycles. The smallest absolute Gasteiger partial charge is 0.244 e. The summed E-state index contributed by atoms with van der Waals surface area (Å²) in [5.74, 6) is 0.832. The van der Waals surface area contributed by atoms with Crippen molar-refractivity contribution >= 4 is 22.4 Å². The molecule has 0 aliphatic carbocycles. The van der Waals surface area contributed by atoms with Crippen LogP contribution in [0.2, 0.25) is 0 Å². The number of nitrogens with one attached hydrogen (secondary N) is 2. The fraction of sp³-hybridized carbons (Fsp3) is 0.571. The number of ether oxygens (including phenoxy) is 3. The number of sulfonamides is 1. The molecule has 1 aliphatic heterocycles. The fourth-order valence-corrected chi connectivity index (χ4v) is 3.49. The van der Waals surface area contributed by atoms with Gasteiger partial charge in [-0.15, -0.1) is 12.4 Å². The van der Waals surface area contributed by atoms with Crippen molar-refractivity contribution in [2.75, 3.05) is 47.1 Å². The van der Waals surface area contributed by atoms with Gasteiger partial charge in [0.2, 0.25) is 10.0 Å². The van der Waals surface area contributed by atoms with Crippen LogP contribution < -0.4 is 19.5 Å². The third-order valence-corrected chi connectivity index (χ3v) is 4.88. The van der Waals surface area contributed by atoms with Gasteiger partial charge in [-0.05, 0) is 12.1 Å². The Morgan fingerprint density at radius 1 is 1.35 bits per heavy atom. The van der Waals surface area contributed by atoms with Crippen LogP contribution in [0.1, 0.15) is 0 Å².